The summed E-state index contributed by atoms with van der Waals surface area (Å²) in [5.74, 6) is -0.0429. The van der Waals surface area contributed by atoms with Crippen molar-refractivity contribution in [3.63, 3.8) is 0 Å². The van der Waals surface area contributed by atoms with Crippen molar-refractivity contribution in [2.24, 2.45) is 0 Å². The predicted octanol–water partition coefficient (Wildman–Crippen LogP) is 1.17. The number of carbonyl (C=O) groups is 1. The van der Waals surface area contributed by atoms with E-state index in [0.29, 0.717) is 13.1 Å². The van der Waals surface area contributed by atoms with Gasteiger partial charge < -0.3 is 15.0 Å². The molecule has 18 heavy (non-hydrogen) atoms. The Morgan fingerprint density at radius 1 is 1.50 bits per heavy atom. The van der Waals surface area contributed by atoms with E-state index in [9.17, 15) is 18.0 Å². The standard InChI is InChI=1S/C11H19F3N2O2/c1-2-15-9-4-3-5-16(10(9)17)6-7-18-8-11(12,13)14/h9,15H,2-8H2,1H3. The predicted molar refractivity (Wildman–Crippen MR) is 60.2 cm³/mol. The number of halogens is 3. The molecule has 106 valence electrons. The van der Waals surface area contributed by atoms with Crippen LogP contribution in [0.25, 0.3) is 0 Å². The first kappa shape index (κ1) is 15.2. The van der Waals surface area contributed by atoms with Crippen LogP contribution in [-0.4, -0.2) is 55.9 Å². The molecule has 0 aromatic carbocycles. The van der Waals surface area contributed by atoms with E-state index >= 15 is 0 Å². The summed E-state index contributed by atoms with van der Waals surface area (Å²) in [6.45, 7) is 2.09. The van der Waals surface area contributed by atoms with Crippen LogP contribution in [0.15, 0.2) is 0 Å². The Balaban J connectivity index is 2.27. The van der Waals surface area contributed by atoms with E-state index in [4.69, 9.17) is 0 Å². The molecule has 1 amide bonds. The molecule has 1 atom stereocenters. The van der Waals surface area contributed by atoms with Crippen LogP contribution in [0.3, 0.4) is 0 Å². The van der Waals surface area contributed by atoms with Crippen molar-refractivity contribution in [3.05, 3.63) is 0 Å². The molecule has 1 saturated heterocycles. The van der Waals surface area contributed by atoms with Gasteiger partial charge in [-0.2, -0.15) is 13.2 Å². The van der Waals surface area contributed by atoms with E-state index in [1.807, 2.05) is 6.92 Å². The molecule has 1 heterocycles. The third-order valence-corrected chi connectivity index (χ3v) is 2.75. The summed E-state index contributed by atoms with van der Waals surface area (Å²) in [5, 5.41) is 3.07. The summed E-state index contributed by atoms with van der Waals surface area (Å²) >= 11 is 0. The summed E-state index contributed by atoms with van der Waals surface area (Å²) in [5.41, 5.74) is 0. The van der Waals surface area contributed by atoms with Gasteiger partial charge in [0.05, 0.1) is 12.6 Å². The summed E-state index contributed by atoms with van der Waals surface area (Å²) in [6, 6.07) is -0.202. The molecule has 1 aliphatic heterocycles. The first-order chi connectivity index (χ1) is 8.44. The van der Waals surface area contributed by atoms with Gasteiger partial charge in [-0.1, -0.05) is 6.92 Å². The molecule has 1 N–H and O–H groups in total. The summed E-state index contributed by atoms with van der Waals surface area (Å²) in [4.78, 5) is 13.5. The number of likely N-dealkylation sites (tertiary alicyclic amines) is 1. The third kappa shape index (κ3) is 5.22. The molecule has 0 aromatic rings. The van der Waals surface area contributed by atoms with Crippen LogP contribution in [0, 0.1) is 0 Å². The SMILES string of the molecule is CCNC1CCCN(CCOCC(F)(F)F)C1=O. The number of alkyl halides is 3. The fraction of sp³-hybridized carbons (Fsp3) is 0.909. The minimum Gasteiger partial charge on any atom is -0.370 e. The molecule has 1 rings (SSSR count). The smallest absolute Gasteiger partial charge is 0.370 e. The van der Waals surface area contributed by atoms with E-state index in [0.717, 1.165) is 12.8 Å². The Kier molecular flexibility index (Phi) is 5.87. The molecule has 4 nitrogen and oxygen atoms in total. The molecule has 0 spiro atoms. The second-order valence-electron chi connectivity index (χ2n) is 4.25. The fourth-order valence-corrected chi connectivity index (χ4v) is 1.96. The first-order valence-corrected chi connectivity index (χ1v) is 6.10. The highest BCUT2D eigenvalue weighted by molar-refractivity contribution is 5.82. The summed E-state index contributed by atoms with van der Waals surface area (Å²) in [6.07, 6.45) is -2.66. The molecule has 0 aromatic heterocycles. The van der Waals surface area contributed by atoms with Crippen LogP contribution in [0.5, 0.6) is 0 Å². The third-order valence-electron chi connectivity index (χ3n) is 2.75. The van der Waals surface area contributed by atoms with Crippen molar-refractivity contribution < 1.29 is 22.7 Å². The molecule has 7 heteroatoms. The van der Waals surface area contributed by atoms with Crippen molar-refractivity contribution in [1.29, 1.82) is 0 Å². The summed E-state index contributed by atoms with van der Waals surface area (Å²) < 4.78 is 40.0. The number of hydrogen-bond acceptors (Lipinski definition) is 3. The van der Waals surface area contributed by atoms with Crippen LogP contribution in [-0.2, 0) is 9.53 Å². The number of amides is 1. The Morgan fingerprint density at radius 3 is 2.83 bits per heavy atom. The number of hydrogen-bond donors (Lipinski definition) is 1. The Morgan fingerprint density at radius 2 is 2.22 bits per heavy atom. The quantitative estimate of drug-likeness (QED) is 0.735. The average Bonchev–Trinajstić information content (AvgIpc) is 2.28. The van der Waals surface area contributed by atoms with Gasteiger partial charge in [0.15, 0.2) is 0 Å². The van der Waals surface area contributed by atoms with Gasteiger partial charge in [0, 0.05) is 13.1 Å². The van der Waals surface area contributed by atoms with Gasteiger partial charge >= 0.3 is 6.18 Å². The number of carbonyl (C=O) groups excluding carboxylic acids is 1. The number of nitrogens with zero attached hydrogens (tertiary/aromatic N) is 1. The lowest BCUT2D eigenvalue weighted by Gasteiger charge is -2.32. The zero-order valence-corrected chi connectivity index (χ0v) is 10.4. The molecule has 0 saturated carbocycles. The van der Waals surface area contributed by atoms with Crippen LogP contribution >= 0.6 is 0 Å². The van der Waals surface area contributed by atoms with Crippen LogP contribution in [0.4, 0.5) is 13.2 Å². The average molecular weight is 268 g/mol. The highest BCUT2D eigenvalue weighted by atomic mass is 19.4. The number of piperidine rings is 1. The van der Waals surface area contributed by atoms with Gasteiger partial charge in [0.2, 0.25) is 5.91 Å². The Hall–Kier alpha value is -0.820. The molecule has 0 aliphatic carbocycles. The normalized spacial score (nSPS) is 21.4. The van der Waals surface area contributed by atoms with Crippen LogP contribution < -0.4 is 5.32 Å². The van der Waals surface area contributed by atoms with Gasteiger partial charge in [-0.15, -0.1) is 0 Å². The van der Waals surface area contributed by atoms with Crippen LogP contribution in [0.1, 0.15) is 19.8 Å². The van der Waals surface area contributed by atoms with E-state index in [1.54, 1.807) is 4.90 Å². The molecular weight excluding hydrogens is 249 g/mol. The maximum Gasteiger partial charge on any atom is 0.411 e. The molecule has 1 fully saturated rings. The van der Waals surface area contributed by atoms with E-state index < -0.39 is 12.8 Å². The first-order valence-electron chi connectivity index (χ1n) is 6.10. The highest BCUT2D eigenvalue weighted by Crippen LogP contribution is 2.15. The Bertz CT molecular complexity index is 270. The van der Waals surface area contributed by atoms with Crippen molar-refractivity contribution in [2.75, 3.05) is 32.8 Å². The fourth-order valence-electron chi connectivity index (χ4n) is 1.96. The lowest BCUT2D eigenvalue weighted by Crippen LogP contribution is -2.51. The number of rotatable bonds is 6. The number of likely N-dealkylation sites (N-methyl/N-ethyl adjacent to an activating group) is 1. The second-order valence-corrected chi connectivity index (χ2v) is 4.25. The monoisotopic (exact) mass is 268 g/mol. The lowest BCUT2D eigenvalue weighted by molar-refractivity contribution is -0.175. The van der Waals surface area contributed by atoms with Gasteiger partial charge in [0.25, 0.3) is 0 Å². The van der Waals surface area contributed by atoms with E-state index in [-0.39, 0.29) is 25.1 Å². The van der Waals surface area contributed by atoms with E-state index in [2.05, 4.69) is 10.1 Å². The number of ether oxygens (including phenoxy) is 1. The van der Waals surface area contributed by atoms with Crippen molar-refractivity contribution in [3.8, 4) is 0 Å². The molecule has 1 unspecified atom stereocenters. The lowest BCUT2D eigenvalue weighted by atomic mass is 10.0. The van der Waals surface area contributed by atoms with Crippen molar-refractivity contribution in [1.82, 2.24) is 10.2 Å². The molecular formula is C11H19F3N2O2. The van der Waals surface area contributed by atoms with E-state index in [1.165, 1.54) is 0 Å². The van der Waals surface area contributed by atoms with Gasteiger partial charge in [-0.25, -0.2) is 0 Å². The molecule has 1 aliphatic rings. The zero-order chi connectivity index (χ0) is 13.6. The largest absolute Gasteiger partial charge is 0.411 e. The highest BCUT2D eigenvalue weighted by Gasteiger charge is 2.29. The summed E-state index contributed by atoms with van der Waals surface area (Å²) in [7, 11) is 0. The van der Waals surface area contributed by atoms with Crippen molar-refractivity contribution >= 4 is 5.91 Å². The van der Waals surface area contributed by atoms with Crippen LogP contribution in [0.2, 0.25) is 0 Å². The van der Waals surface area contributed by atoms with Crippen molar-refractivity contribution in [2.45, 2.75) is 32.0 Å². The minimum absolute atomic E-state index is 0.0429. The minimum atomic E-state index is -4.31. The molecule has 0 bridgehead atoms. The Labute approximate surface area is 104 Å². The van der Waals surface area contributed by atoms with Gasteiger partial charge in [-0.3, -0.25) is 4.79 Å². The number of nitrogens with one attached hydrogen (secondary N) is 1. The second kappa shape index (κ2) is 6.94. The van der Waals surface area contributed by atoms with Gasteiger partial charge in [-0.05, 0) is 19.4 Å². The maximum absolute atomic E-state index is 11.9. The maximum atomic E-state index is 11.9. The molecule has 0 radical (unpaired) electrons. The topological polar surface area (TPSA) is 41.6 Å². The zero-order valence-electron chi connectivity index (χ0n) is 10.4. The van der Waals surface area contributed by atoms with Gasteiger partial charge in [0.1, 0.15) is 6.61 Å².